The number of nitrogens with zero attached hydrogens (tertiary/aromatic N) is 4. The molecule has 3 heterocycles. The Bertz CT molecular complexity index is 1690. The van der Waals surface area contributed by atoms with Gasteiger partial charge in [0.05, 0.1) is 29.6 Å². The number of benzene rings is 2. The Labute approximate surface area is 229 Å². The second kappa shape index (κ2) is 9.53. The number of rotatable bonds is 7. The standard InChI is InChI=1S/C28H22F5N5O3/c1-2-27(26(39)40,38-13-22-21(12-34-38)35-25(36-22)17-4-3-5-19(29)24(17)30)23-11-20(37-41-23)16-9-8-15(14-6-7-14)10-18(16)28(31,32)33/h3-5,8-12,14H,2,6-7,13H2,1H3,(H,35,36)(H,39,40). The molecular formula is C28H22F5N5O3. The van der Waals surface area contributed by atoms with Crippen LogP contribution in [0.1, 0.15) is 60.4 Å². The van der Waals surface area contributed by atoms with Gasteiger partial charge in [0, 0.05) is 11.6 Å². The normalized spacial score (nSPS) is 16.5. The predicted molar refractivity (Wildman–Crippen MR) is 136 cm³/mol. The number of alkyl halides is 3. The highest BCUT2D eigenvalue weighted by molar-refractivity contribution is 5.84. The van der Waals surface area contributed by atoms with Gasteiger partial charge in [0.15, 0.2) is 17.4 Å². The van der Waals surface area contributed by atoms with Crippen molar-refractivity contribution in [3.8, 4) is 22.6 Å². The van der Waals surface area contributed by atoms with Crippen LogP contribution in [0.4, 0.5) is 22.0 Å². The van der Waals surface area contributed by atoms with Crippen molar-refractivity contribution in [3.05, 3.63) is 82.4 Å². The molecule has 0 radical (unpaired) electrons. The first-order valence-corrected chi connectivity index (χ1v) is 12.8. The first-order valence-electron chi connectivity index (χ1n) is 12.8. The molecule has 8 nitrogen and oxygen atoms in total. The molecule has 13 heteroatoms. The molecular weight excluding hydrogens is 549 g/mol. The fraction of sp³-hybridized carbons (Fsp3) is 0.286. The topological polar surface area (TPSA) is 108 Å². The van der Waals surface area contributed by atoms with Gasteiger partial charge in [0.2, 0.25) is 5.54 Å². The minimum Gasteiger partial charge on any atom is -0.479 e. The van der Waals surface area contributed by atoms with Gasteiger partial charge < -0.3 is 14.6 Å². The molecule has 1 saturated carbocycles. The Morgan fingerprint density at radius 3 is 2.61 bits per heavy atom. The summed E-state index contributed by atoms with van der Waals surface area (Å²) in [5.74, 6) is -3.63. The summed E-state index contributed by atoms with van der Waals surface area (Å²) in [5.41, 5.74) is -2.10. The van der Waals surface area contributed by atoms with Crippen molar-refractivity contribution in [2.45, 2.75) is 50.4 Å². The van der Waals surface area contributed by atoms with E-state index in [2.05, 4.69) is 20.2 Å². The smallest absolute Gasteiger partial charge is 0.417 e. The lowest BCUT2D eigenvalue weighted by atomic mass is 9.90. The highest BCUT2D eigenvalue weighted by Crippen LogP contribution is 2.45. The summed E-state index contributed by atoms with van der Waals surface area (Å²) in [7, 11) is 0. The SMILES string of the molecule is CCC(C(=O)O)(c1cc(-c2ccc(C3CC3)cc2C(F)(F)F)no1)N1Cc2[nH]c(-c3cccc(F)c3F)nc2C=N1. The lowest BCUT2D eigenvalue weighted by Crippen LogP contribution is -2.49. The molecule has 0 spiro atoms. The van der Waals surface area contributed by atoms with Crippen LogP contribution in [0.15, 0.2) is 52.1 Å². The van der Waals surface area contributed by atoms with E-state index in [4.69, 9.17) is 4.52 Å². The van der Waals surface area contributed by atoms with Gasteiger partial charge in [-0.25, -0.2) is 18.6 Å². The van der Waals surface area contributed by atoms with Gasteiger partial charge in [0.1, 0.15) is 17.2 Å². The maximum absolute atomic E-state index is 14.4. The molecule has 2 aliphatic rings. The molecule has 0 amide bonds. The third kappa shape index (κ3) is 4.45. The highest BCUT2D eigenvalue weighted by atomic mass is 19.4. The zero-order valence-electron chi connectivity index (χ0n) is 21.5. The first kappa shape index (κ1) is 26.7. The Morgan fingerprint density at radius 1 is 1.15 bits per heavy atom. The molecule has 6 rings (SSSR count). The molecule has 1 unspecified atom stereocenters. The second-order valence-corrected chi connectivity index (χ2v) is 10.0. The Hall–Kier alpha value is -4.55. The number of fused-ring (bicyclic) bond motifs is 1. The second-order valence-electron chi connectivity index (χ2n) is 10.0. The molecule has 4 aromatic rings. The maximum Gasteiger partial charge on any atom is 0.417 e. The predicted octanol–water partition coefficient (Wildman–Crippen LogP) is 6.45. The van der Waals surface area contributed by atoms with Crippen molar-refractivity contribution in [2.24, 2.45) is 5.10 Å². The summed E-state index contributed by atoms with van der Waals surface area (Å²) in [6.07, 6.45) is -1.85. The van der Waals surface area contributed by atoms with Crippen LogP contribution < -0.4 is 0 Å². The van der Waals surface area contributed by atoms with Crippen molar-refractivity contribution in [2.75, 3.05) is 0 Å². The minimum absolute atomic E-state index is 0.0222. The number of aliphatic carboxylic acids is 1. The number of carboxylic acid groups (broad SMARTS) is 1. The lowest BCUT2D eigenvalue weighted by molar-refractivity contribution is -0.155. The number of hydrogen-bond donors (Lipinski definition) is 2. The molecule has 1 fully saturated rings. The maximum atomic E-state index is 14.4. The fourth-order valence-electron chi connectivity index (χ4n) is 5.15. The number of hydrazone groups is 1. The van der Waals surface area contributed by atoms with Gasteiger partial charge in [0.25, 0.3) is 0 Å². The first-order chi connectivity index (χ1) is 19.5. The number of hydrogen-bond acceptors (Lipinski definition) is 6. The molecule has 1 aliphatic heterocycles. The van der Waals surface area contributed by atoms with E-state index in [1.54, 1.807) is 13.0 Å². The average Bonchev–Trinajstić information content (AvgIpc) is 3.52. The fourth-order valence-corrected chi connectivity index (χ4v) is 5.15. The van der Waals surface area contributed by atoms with E-state index < -0.39 is 34.9 Å². The van der Waals surface area contributed by atoms with Crippen molar-refractivity contribution in [1.82, 2.24) is 20.1 Å². The Balaban J connectivity index is 1.36. The molecule has 0 bridgehead atoms. The van der Waals surface area contributed by atoms with Crippen LogP contribution in [-0.2, 0) is 23.1 Å². The number of H-pyrrole nitrogens is 1. The molecule has 0 saturated heterocycles. The zero-order valence-corrected chi connectivity index (χ0v) is 21.5. The van der Waals surface area contributed by atoms with E-state index in [-0.39, 0.29) is 47.3 Å². The van der Waals surface area contributed by atoms with Gasteiger partial charge in [-0.3, -0.25) is 5.01 Å². The lowest BCUT2D eigenvalue weighted by Gasteiger charge is -2.36. The minimum atomic E-state index is -4.67. The van der Waals surface area contributed by atoms with Crippen molar-refractivity contribution in [3.63, 3.8) is 0 Å². The van der Waals surface area contributed by atoms with E-state index in [0.717, 1.165) is 25.0 Å². The number of imidazole rings is 1. The number of aromatic amines is 1. The Kier molecular flexibility index (Phi) is 6.20. The average molecular weight is 572 g/mol. The number of aromatic nitrogens is 3. The van der Waals surface area contributed by atoms with Gasteiger partial charge in [-0.15, -0.1) is 0 Å². The van der Waals surface area contributed by atoms with Gasteiger partial charge >= 0.3 is 12.1 Å². The molecule has 2 aromatic heterocycles. The van der Waals surface area contributed by atoms with Crippen LogP contribution in [0.3, 0.4) is 0 Å². The zero-order chi connectivity index (χ0) is 29.1. The molecule has 1 atom stereocenters. The molecule has 2 N–H and O–H groups in total. The summed E-state index contributed by atoms with van der Waals surface area (Å²) in [6.45, 7) is 1.41. The number of carbonyl (C=O) groups is 1. The van der Waals surface area contributed by atoms with E-state index in [0.29, 0.717) is 17.0 Å². The Morgan fingerprint density at radius 2 is 1.93 bits per heavy atom. The summed E-state index contributed by atoms with van der Waals surface area (Å²) in [6, 6.07) is 8.88. The van der Waals surface area contributed by atoms with E-state index in [1.807, 2.05) is 0 Å². The highest BCUT2D eigenvalue weighted by Gasteiger charge is 2.50. The third-order valence-electron chi connectivity index (χ3n) is 7.54. The van der Waals surface area contributed by atoms with E-state index in [9.17, 15) is 31.9 Å². The number of halogens is 5. The van der Waals surface area contributed by atoms with Crippen LogP contribution in [0, 0.1) is 11.6 Å². The largest absolute Gasteiger partial charge is 0.479 e. The molecule has 41 heavy (non-hydrogen) atoms. The number of carboxylic acids is 1. The van der Waals surface area contributed by atoms with E-state index >= 15 is 0 Å². The van der Waals surface area contributed by atoms with Crippen LogP contribution in [0.25, 0.3) is 22.6 Å². The van der Waals surface area contributed by atoms with Crippen molar-refractivity contribution in [1.29, 1.82) is 0 Å². The van der Waals surface area contributed by atoms with Gasteiger partial charge in [-0.2, -0.15) is 18.3 Å². The summed E-state index contributed by atoms with van der Waals surface area (Å²) in [5, 5.41) is 19.7. The molecule has 212 valence electrons. The van der Waals surface area contributed by atoms with Crippen LogP contribution in [-0.4, -0.2) is 37.4 Å². The molecule has 1 aliphatic carbocycles. The summed E-state index contributed by atoms with van der Waals surface area (Å²) < 4.78 is 75.5. The van der Waals surface area contributed by atoms with Gasteiger partial charge in [-0.05, 0) is 48.9 Å². The number of nitrogens with one attached hydrogen (secondary N) is 1. The monoisotopic (exact) mass is 571 g/mol. The third-order valence-corrected chi connectivity index (χ3v) is 7.54. The summed E-state index contributed by atoms with van der Waals surface area (Å²) >= 11 is 0. The van der Waals surface area contributed by atoms with Crippen molar-refractivity contribution >= 4 is 12.2 Å². The quantitative estimate of drug-likeness (QED) is 0.247. The van der Waals surface area contributed by atoms with E-state index in [1.165, 1.54) is 35.5 Å². The summed E-state index contributed by atoms with van der Waals surface area (Å²) in [4.78, 5) is 19.9. The van der Waals surface area contributed by atoms with Crippen LogP contribution in [0.5, 0.6) is 0 Å². The van der Waals surface area contributed by atoms with Crippen molar-refractivity contribution < 1.29 is 36.4 Å². The van der Waals surface area contributed by atoms with Gasteiger partial charge in [-0.1, -0.05) is 30.3 Å². The van der Waals surface area contributed by atoms with Crippen LogP contribution >= 0.6 is 0 Å². The molecule has 2 aromatic carbocycles. The van der Waals surface area contributed by atoms with Crippen LogP contribution in [0.2, 0.25) is 0 Å².